The number of sulfonamides is 1. The van der Waals surface area contributed by atoms with Gasteiger partial charge in [-0.25, -0.2) is 8.42 Å². The van der Waals surface area contributed by atoms with Gasteiger partial charge in [-0.15, -0.1) is 11.8 Å². The molecule has 1 atom stereocenters. The number of rotatable bonds is 13. The van der Waals surface area contributed by atoms with Gasteiger partial charge in [0.2, 0.25) is 11.8 Å². The maximum Gasteiger partial charge on any atom is 0.264 e. The van der Waals surface area contributed by atoms with E-state index in [-0.39, 0.29) is 29.8 Å². The van der Waals surface area contributed by atoms with Crippen molar-refractivity contribution in [3.8, 4) is 0 Å². The summed E-state index contributed by atoms with van der Waals surface area (Å²) in [7, 11) is -4.19. The summed E-state index contributed by atoms with van der Waals surface area (Å²) in [6.45, 7) is 5.03. The molecule has 0 aliphatic heterocycles. The number of benzene rings is 4. The molecule has 7 nitrogen and oxygen atoms in total. The first kappa shape index (κ1) is 35.4. The lowest BCUT2D eigenvalue weighted by molar-refractivity contribution is -0.140. The summed E-state index contributed by atoms with van der Waals surface area (Å²) >= 11 is 14.0. The van der Waals surface area contributed by atoms with Crippen molar-refractivity contribution in [2.24, 2.45) is 0 Å². The predicted molar refractivity (Wildman–Crippen MR) is 188 cm³/mol. The van der Waals surface area contributed by atoms with Crippen LogP contribution in [-0.2, 0) is 32.6 Å². The number of amides is 2. The predicted octanol–water partition coefficient (Wildman–Crippen LogP) is 7.38. The van der Waals surface area contributed by atoms with Crippen LogP contribution in [0.1, 0.15) is 30.5 Å². The molecule has 242 valence electrons. The molecule has 0 bridgehead atoms. The number of carbonyl (C=O) groups excluding carboxylic acids is 2. The van der Waals surface area contributed by atoms with Gasteiger partial charge in [-0.2, -0.15) is 0 Å². The molecule has 0 aliphatic carbocycles. The molecule has 0 saturated heterocycles. The van der Waals surface area contributed by atoms with Gasteiger partial charge in [-0.3, -0.25) is 13.9 Å². The lowest BCUT2D eigenvalue weighted by atomic mass is 10.0. The smallest absolute Gasteiger partial charge is 0.264 e. The van der Waals surface area contributed by atoms with E-state index in [2.05, 4.69) is 5.32 Å². The molecule has 0 spiro atoms. The summed E-state index contributed by atoms with van der Waals surface area (Å²) in [5, 5.41) is 3.60. The van der Waals surface area contributed by atoms with E-state index in [1.165, 1.54) is 28.8 Å². The zero-order valence-electron chi connectivity index (χ0n) is 26.1. The normalized spacial score (nSPS) is 12.1. The minimum absolute atomic E-state index is 0.0110. The van der Waals surface area contributed by atoms with Gasteiger partial charge in [0, 0.05) is 23.9 Å². The Labute approximate surface area is 286 Å². The van der Waals surface area contributed by atoms with Crippen molar-refractivity contribution in [2.45, 2.75) is 55.6 Å². The Bertz CT molecular complexity index is 1750. The molecule has 46 heavy (non-hydrogen) atoms. The molecule has 0 radical (unpaired) electrons. The number of aryl methyl sites for hydroxylation is 1. The molecular formula is C35H37Cl2N3O4S2. The van der Waals surface area contributed by atoms with Crippen LogP contribution < -0.4 is 9.62 Å². The van der Waals surface area contributed by atoms with Crippen LogP contribution in [0.15, 0.2) is 107 Å². The highest BCUT2D eigenvalue weighted by Gasteiger charge is 2.35. The van der Waals surface area contributed by atoms with Gasteiger partial charge in [0.15, 0.2) is 0 Å². The van der Waals surface area contributed by atoms with Gasteiger partial charge in [0.05, 0.1) is 20.6 Å². The summed E-state index contributed by atoms with van der Waals surface area (Å²) in [5.41, 5.74) is 2.74. The molecule has 0 aromatic heterocycles. The maximum atomic E-state index is 14.5. The van der Waals surface area contributed by atoms with E-state index in [0.29, 0.717) is 21.3 Å². The number of nitrogens with zero attached hydrogens (tertiary/aromatic N) is 2. The van der Waals surface area contributed by atoms with Gasteiger partial charge in [-0.1, -0.05) is 77.3 Å². The number of nitrogens with one attached hydrogen (secondary N) is 1. The van der Waals surface area contributed by atoms with E-state index in [1.54, 1.807) is 54.6 Å². The summed E-state index contributed by atoms with van der Waals surface area (Å²) < 4.78 is 29.5. The Balaban J connectivity index is 1.81. The van der Waals surface area contributed by atoms with Crippen LogP contribution in [0.3, 0.4) is 0 Å². The van der Waals surface area contributed by atoms with Crippen molar-refractivity contribution >= 4 is 62.5 Å². The maximum absolute atomic E-state index is 14.5. The van der Waals surface area contributed by atoms with Crippen molar-refractivity contribution in [3.05, 3.63) is 124 Å². The monoisotopic (exact) mass is 697 g/mol. The highest BCUT2D eigenvalue weighted by molar-refractivity contribution is 7.98. The van der Waals surface area contributed by atoms with E-state index in [0.717, 1.165) is 20.3 Å². The van der Waals surface area contributed by atoms with Crippen LogP contribution in [0, 0.1) is 6.92 Å². The van der Waals surface area contributed by atoms with Crippen LogP contribution in [0.2, 0.25) is 10.0 Å². The number of hydrogen-bond donors (Lipinski definition) is 1. The molecule has 4 aromatic carbocycles. The van der Waals surface area contributed by atoms with Gasteiger partial charge in [0.1, 0.15) is 12.6 Å². The highest BCUT2D eigenvalue weighted by atomic mass is 35.5. The summed E-state index contributed by atoms with van der Waals surface area (Å²) in [4.78, 5) is 30.7. The molecule has 0 saturated carbocycles. The van der Waals surface area contributed by atoms with E-state index >= 15 is 0 Å². The van der Waals surface area contributed by atoms with Gasteiger partial charge < -0.3 is 10.2 Å². The van der Waals surface area contributed by atoms with Crippen LogP contribution in [0.5, 0.6) is 0 Å². The molecule has 11 heteroatoms. The van der Waals surface area contributed by atoms with Crippen molar-refractivity contribution in [1.29, 1.82) is 0 Å². The molecule has 0 fully saturated rings. The largest absolute Gasteiger partial charge is 0.352 e. The average molecular weight is 699 g/mol. The standard InChI is InChI=1S/C35H37Cl2N3O4S2/c1-24(2)38-35(42)33(21-26-8-6-5-7-9-26)39(22-27-12-19-31(36)32(37)20-27)34(41)23-40(28-13-10-25(3)11-14-28)46(43,44)30-17-15-29(45-4)16-18-30/h5-20,24,33H,21-23H2,1-4H3,(H,38,42). The topological polar surface area (TPSA) is 86.8 Å². The fraction of sp³-hybridized carbons (Fsp3) is 0.257. The van der Waals surface area contributed by atoms with Crippen LogP contribution in [0.25, 0.3) is 0 Å². The Morgan fingerprint density at radius 2 is 1.50 bits per heavy atom. The summed E-state index contributed by atoms with van der Waals surface area (Å²) in [6, 6.07) is 26.7. The second kappa shape index (κ2) is 15.9. The third-order valence-electron chi connectivity index (χ3n) is 7.29. The van der Waals surface area contributed by atoms with Crippen LogP contribution >= 0.6 is 35.0 Å². The van der Waals surface area contributed by atoms with Crippen molar-refractivity contribution < 1.29 is 18.0 Å². The lowest BCUT2D eigenvalue weighted by Gasteiger charge is -2.34. The van der Waals surface area contributed by atoms with Gasteiger partial charge in [-0.05, 0) is 86.7 Å². The van der Waals surface area contributed by atoms with Crippen molar-refractivity contribution in [1.82, 2.24) is 10.2 Å². The molecule has 0 aliphatic rings. The highest BCUT2D eigenvalue weighted by Crippen LogP contribution is 2.28. The van der Waals surface area contributed by atoms with Gasteiger partial charge in [0.25, 0.3) is 10.0 Å². The van der Waals surface area contributed by atoms with E-state index < -0.39 is 28.5 Å². The zero-order valence-corrected chi connectivity index (χ0v) is 29.3. The number of hydrogen-bond acceptors (Lipinski definition) is 5. The molecule has 2 amide bonds. The second-order valence-electron chi connectivity index (χ2n) is 11.2. The third-order valence-corrected chi connectivity index (χ3v) is 10.6. The third kappa shape index (κ3) is 9.06. The average Bonchev–Trinajstić information content (AvgIpc) is 3.03. The first-order valence-corrected chi connectivity index (χ1v) is 18.1. The van der Waals surface area contributed by atoms with E-state index in [1.807, 2.05) is 57.4 Å². The lowest BCUT2D eigenvalue weighted by Crippen LogP contribution is -2.54. The molecule has 4 aromatic rings. The molecule has 4 rings (SSSR count). The van der Waals surface area contributed by atoms with Crippen LogP contribution in [0.4, 0.5) is 5.69 Å². The molecule has 1 unspecified atom stereocenters. The summed E-state index contributed by atoms with van der Waals surface area (Å²) in [6.07, 6.45) is 2.12. The Morgan fingerprint density at radius 3 is 2.09 bits per heavy atom. The Morgan fingerprint density at radius 1 is 0.848 bits per heavy atom. The first-order valence-electron chi connectivity index (χ1n) is 14.7. The minimum atomic E-state index is -4.19. The zero-order chi connectivity index (χ0) is 33.4. The Kier molecular flexibility index (Phi) is 12.2. The van der Waals surface area contributed by atoms with Gasteiger partial charge >= 0.3 is 0 Å². The van der Waals surface area contributed by atoms with E-state index in [4.69, 9.17) is 23.2 Å². The number of halogens is 2. The Hall–Kier alpha value is -3.50. The van der Waals surface area contributed by atoms with Crippen molar-refractivity contribution in [3.63, 3.8) is 0 Å². The summed E-state index contributed by atoms with van der Waals surface area (Å²) in [5.74, 6) is -0.916. The second-order valence-corrected chi connectivity index (χ2v) is 14.7. The quantitative estimate of drug-likeness (QED) is 0.147. The fourth-order valence-corrected chi connectivity index (χ4v) is 7.03. The fourth-order valence-electron chi connectivity index (χ4n) is 4.88. The molecule has 0 heterocycles. The number of thioether (sulfide) groups is 1. The number of anilines is 1. The SMILES string of the molecule is CSc1ccc(S(=O)(=O)N(CC(=O)N(Cc2ccc(Cl)c(Cl)c2)C(Cc2ccccc2)C(=O)NC(C)C)c2ccc(C)cc2)cc1. The first-order chi connectivity index (χ1) is 21.9. The minimum Gasteiger partial charge on any atom is -0.352 e. The van der Waals surface area contributed by atoms with Crippen LogP contribution in [-0.4, -0.2) is 50.0 Å². The van der Waals surface area contributed by atoms with E-state index in [9.17, 15) is 18.0 Å². The molecule has 1 N–H and O–H groups in total. The van der Waals surface area contributed by atoms with Crippen molar-refractivity contribution in [2.75, 3.05) is 17.1 Å². The molecular weight excluding hydrogens is 661 g/mol. The number of carbonyl (C=O) groups is 2.